The van der Waals surface area contributed by atoms with Crippen molar-refractivity contribution in [1.29, 1.82) is 0 Å². The fourth-order valence-corrected chi connectivity index (χ4v) is 4.81. The molecule has 2 heterocycles. The lowest BCUT2D eigenvalue weighted by Crippen LogP contribution is -2.37. The Labute approximate surface area is 186 Å². The molecule has 1 saturated carbocycles. The molecule has 2 N–H and O–H groups in total. The molecule has 6 heteroatoms. The first-order valence-electron chi connectivity index (χ1n) is 11.3. The molecule has 0 atom stereocenters. The number of H-pyrrole nitrogens is 1. The molecule has 1 aliphatic heterocycles. The summed E-state index contributed by atoms with van der Waals surface area (Å²) >= 11 is 0. The molecule has 32 heavy (non-hydrogen) atoms. The second kappa shape index (κ2) is 8.61. The quantitative estimate of drug-likeness (QED) is 0.626. The van der Waals surface area contributed by atoms with Crippen LogP contribution in [0, 0.1) is 5.82 Å². The van der Waals surface area contributed by atoms with Crippen LogP contribution in [0.2, 0.25) is 0 Å². The number of fused-ring (bicyclic) bond motifs is 3. The molecular formula is C26H26FN3O2. The number of halogens is 1. The van der Waals surface area contributed by atoms with Crippen LogP contribution in [-0.4, -0.2) is 34.3 Å². The van der Waals surface area contributed by atoms with Gasteiger partial charge in [0.15, 0.2) is 0 Å². The van der Waals surface area contributed by atoms with Gasteiger partial charge in [0.2, 0.25) is 0 Å². The molecule has 0 saturated heterocycles. The first kappa shape index (κ1) is 20.5. The number of carbonyl (C=O) groups excluding carboxylic acids is 2. The number of nitrogens with zero attached hydrogens (tertiary/aromatic N) is 1. The van der Waals surface area contributed by atoms with Crippen LogP contribution >= 0.6 is 0 Å². The van der Waals surface area contributed by atoms with Crippen molar-refractivity contribution in [2.45, 2.75) is 44.6 Å². The lowest BCUT2D eigenvalue weighted by atomic mass is 9.95. The van der Waals surface area contributed by atoms with Crippen molar-refractivity contribution in [3.05, 3.63) is 77.4 Å². The van der Waals surface area contributed by atoms with Gasteiger partial charge in [-0.15, -0.1) is 0 Å². The van der Waals surface area contributed by atoms with Crippen LogP contribution in [0.5, 0.6) is 0 Å². The van der Waals surface area contributed by atoms with Gasteiger partial charge in [0.1, 0.15) is 5.82 Å². The summed E-state index contributed by atoms with van der Waals surface area (Å²) in [5.41, 5.74) is 3.65. The highest BCUT2D eigenvalue weighted by molar-refractivity contribution is 6.21. The first-order valence-corrected chi connectivity index (χ1v) is 11.3. The molecule has 0 bridgehead atoms. The third-order valence-corrected chi connectivity index (χ3v) is 6.51. The van der Waals surface area contributed by atoms with Crippen LogP contribution in [0.25, 0.3) is 16.5 Å². The number of aromatic nitrogens is 1. The van der Waals surface area contributed by atoms with Crippen LogP contribution in [0.1, 0.15) is 53.7 Å². The predicted molar refractivity (Wildman–Crippen MR) is 122 cm³/mol. The van der Waals surface area contributed by atoms with Crippen molar-refractivity contribution in [2.24, 2.45) is 0 Å². The fourth-order valence-electron chi connectivity index (χ4n) is 4.81. The largest absolute Gasteiger partial charge is 0.354 e. The van der Waals surface area contributed by atoms with Gasteiger partial charge in [0.25, 0.3) is 11.8 Å². The summed E-state index contributed by atoms with van der Waals surface area (Å²) in [4.78, 5) is 31.6. The van der Waals surface area contributed by atoms with Crippen LogP contribution in [0.4, 0.5) is 4.39 Å². The van der Waals surface area contributed by atoms with E-state index in [1.807, 2.05) is 24.3 Å². The molecule has 5 nitrogen and oxygen atoms in total. The maximum absolute atomic E-state index is 13.4. The van der Waals surface area contributed by atoms with Gasteiger partial charge in [-0.1, -0.05) is 37.5 Å². The number of para-hydroxylation sites is 1. The van der Waals surface area contributed by atoms with Gasteiger partial charge in [0, 0.05) is 35.3 Å². The van der Waals surface area contributed by atoms with Crippen molar-refractivity contribution < 1.29 is 14.0 Å². The molecule has 2 aliphatic rings. The Bertz CT molecular complexity index is 1190. The van der Waals surface area contributed by atoms with E-state index in [4.69, 9.17) is 0 Å². The Morgan fingerprint density at radius 2 is 1.75 bits per heavy atom. The number of hydrogen-bond acceptors (Lipinski definition) is 2. The Balaban J connectivity index is 1.53. The van der Waals surface area contributed by atoms with Gasteiger partial charge < -0.3 is 15.2 Å². The van der Waals surface area contributed by atoms with Crippen molar-refractivity contribution in [1.82, 2.24) is 15.2 Å². The number of carbonyl (C=O) groups is 2. The lowest BCUT2D eigenvalue weighted by molar-refractivity contribution is -0.116. The molecule has 0 radical (unpaired) electrons. The Kier molecular flexibility index (Phi) is 5.52. The monoisotopic (exact) mass is 431 g/mol. The Morgan fingerprint density at radius 1 is 1.00 bits per heavy atom. The Morgan fingerprint density at radius 3 is 2.53 bits per heavy atom. The maximum atomic E-state index is 13.4. The highest BCUT2D eigenvalue weighted by atomic mass is 19.1. The third kappa shape index (κ3) is 3.93. The third-order valence-electron chi connectivity index (χ3n) is 6.51. The summed E-state index contributed by atoms with van der Waals surface area (Å²) in [7, 11) is 0. The number of amides is 2. The van der Waals surface area contributed by atoms with Crippen molar-refractivity contribution >= 4 is 28.3 Å². The minimum absolute atomic E-state index is 0.162. The minimum Gasteiger partial charge on any atom is -0.354 e. The number of aromatic amines is 1. The summed E-state index contributed by atoms with van der Waals surface area (Å²) in [6.45, 7) is 0.436. The van der Waals surface area contributed by atoms with Gasteiger partial charge in [-0.25, -0.2) is 4.39 Å². The van der Waals surface area contributed by atoms with Crippen LogP contribution in [0.15, 0.2) is 54.7 Å². The van der Waals surface area contributed by atoms with Gasteiger partial charge in [-0.05, 0) is 55.2 Å². The molecule has 1 aromatic heterocycles. The predicted octanol–water partition coefficient (Wildman–Crippen LogP) is 4.80. The number of benzene rings is 2. The van der Waals surface area contributed by atoms with E-state index in [-0.39, 0.29) is 23.7 Å². The zero-order valence-electron chi connectivity index (χ0n) is 17.9. The fraction of sp³-hybridized carbons (Fsp3) is 0.308. The van der Waals surface area contributed by atoms with E-state index in [9.17, 15) is 14.0 Å². The zero-order chi connectivity index (χ0) is 22.1. The average molecular weight is 432 g/mol. The molecule has 0 unspecified atom stereocenters. The van der Waals surface area contributed by atoms with E-state index < -0.39 is 0 Å². The molecule has 1 aliphatic carbocycles. The smallest absolute Gasteiger partial charge is 0.257 e. The maximum Gasteiger partial charge on any atom is 0.257 e. The van der Waals surface area contributed by atoms with Crippen LogP contribution in [0.3, 0.4) is 0 Å². The first-order chi connectivity index (χ1) is 15.6. The second-order valence-electron chi connectivity index (χ2n) is 8.63. The normalized spacial score (nSPS) is 16.9. The summed E-state index contributed by atoms with van der Waals surface area (Å²) < 4.78 is 13.3. The summed E-state index contributed by atoms with van der Waals surface area (Å²) in [6.07, 6.45) is 7.69. The highest BCUT2D eigenvalue weighted by Crippen LogP contribution is 2.31. The molecule has 164 valence electrons. The molecule has 2 aromatic carbocycles. The van der Waals surface area contributed by atoms with E-state index in [1.165, 1.54) is 30.7 Å². The van der Waals surface area contributed by atoms with Crippen molar-refractivity contribution in [3.63, 3.8) is 0 Å². The minimum atomic E-state index is -0.387. The van der Waals surface area contributed by atoms with Crippen LogP contribution in [-0.2, 0) is 11.2 Å². The Hall–Kier alpha value is -3.41. The van der Waals surface area contributed by atoms with Crippen molar-refractivity contribution in [2.75, 3.05) is 6.54 Å². The molecule has 0 spiro atoms. The number of hydrogen-bond donors (Lipinski definition) is 2. The van der Waals surface area contributed by atoms with E-state index in [1.54, 1.807) is 11.1 Å². The number of nitrogens with one attached hydrogen (secondary N) is 2. The average Bonchev–Trinajstić information content (AvgIpc) is 3.07. The summed E-state index contributed by atoms with van der Waals surface area (Å²) in [6, 6.07) is 13.7. The molecule has 1 fully saturated rings. The summed E-state index contributed by atoms with van der Waals surface area (Å²) in [5.74, 6) is -0.798. The van der Waals surface area contributed by atoms with E-state index in [2.05, 4.69) is 10.3 Å². The molecular weight excluding hydrogens is 405 g/mol. The molecule has 3 aromatic rings. The van der Waals surface area contributed by atoms with E-state index in [0.29, 0.717) is 24.1 Å². The molecule has 5 rings (SSSR count). The van der Waals surface area contributed by atoms with E-state index >= 15 is 0 Å². The van der Waals surface area contributed by atoms with Gasteiger partial charge in [-0.2, -0.15) is 0 Å². The SMILES string of the molecule is O=C(NC1CCCCC1)C1=CN(C(=O)c2ccc(F)cc2)CCc2c1[nH]c1ccccc21. The molecule has 2 amide bonds. The van der Waals surface area contributed by atoms with Crippen molar-refractivity contribution in [3.8, 4) is 0 Å². The number of rotatable bonds is 3. The van der Waals surface area contributed by atoms with Gasteiger partial charge in [0.05, 0.1) is 11.3 Å². The zero-order valence-corrected chi connectivity index (χ0v) is 17.9. The standard InChI is InChI=1S/C26H26FN3O2/c27-18-12-10-17(11-13-18)26(32)30-15-14-21-20-8-4-5-9-23(20)29-24(21)22(16-30)25(31)28-19-6-2-1-3-7-19/h4-5,8-13,16,19,29H,1-3,6-7,14-15H2,(H,28,31). The topological polar surface area (TPSA) is 65.2 Å². The second-order valence-corrected chi connectivity index (χ2v) is 8.63. The van der Waals surface area contributed by atoms with Gasteiger partial charge in [-0.3, -0.25) is 9.59 Å². The van der Waals surface area contributed by atoms with E-state index in [0.717, 1.165) is 47.8 Å². The highest BCUT2D eigenvalue weighted by Gasteiger charge is 2.28. The summed E-state index contributed by atoms with van der Waals surface area (Å²) in [5, 5.41) is 4.26. The van der Waals surface area contributed by atoms with Gasteiger partial charge >= 0.3 is 0 Å². The lowest BCUT2D eigenvalue weighted by Gasteiger charge is -2.24. The van der Waals surface area contributed by atoms with Crippen LogP contribution < -0.4 is 5.32 Å².